The van der Waals surface area contributed by atoms with E-state index in [0.29, 0.717) is 17.3 Å². The van der Waals surface area contributed by atoms with E-state index in [1.54, 1.807) is 18.3 Å². The van der Waals surface area contributed by atoms with Gasteiger partial charge in [-0.05, 0) is 51.1 Å². The number of hydrazone groups is 1. The number of benzene rings is 2. The summed E-state index contributed by atoms with van der Waals surface area (Å²) in [7, 11) is 0. The second-order valence-electron chi connectivity index (χ2n) is 7.71. The standard InChI is InChI=1S/C21H20FN7O/c1-21(2,3)14-6-4-13(5-7-14)12-23-27-18-17(24-16-10-8-15(22)9-11-16)25-19-20(26-18)29-30-28-19/h4-12H,1-3H3,(H,24,25,28)(H,26,27,29)/b23-12+. The van der Waals surface area contributed by atoms with Crippen LogP contribution in [0.2, 0.25) is 0 Å². The molecule has 2 aromatic heterocycles. The first kappa shape index (κ1) is 19.4. The molecule has 152 valence electrons. The van der Waals surface area contributed by atoms with Crippen LogP contribution in [0.4, 0.5) is 21.7 Å². The predicted octanol–water partition coefficient (Wildman–Crippen LogP) is 4.64. The normalized spacial score (nSPS) is 11.9. The molecule has 0 aliphatic rings. The summed E-state index contributed by atoms with van der Waals surface area (Å²) in [6.07, 6.45) is 1.68. The van der Waals surface area contributed by atoms with Crippen molar-refractivity contribution in [1.82, 2.24) is 20.3 Å². The first-order chi connectivity index (χ1) is 14.4. The Labute approximate surface area is 172 Å². The molecule has 0 atom stereocenters. The van der Waals surface area contributed by atoms with E-state index in [-0.39, 0.29) is 22.5 Å². The van der Waals surface area contributed by atoms with Gasteiger partial charge in [0.15, 0.2) is 11.6 Å². The Morgan fingerprint density at radius 1 is 0.900 bits per heavy atom. The zero-order valence-corrected chi connectivity index (χ0v) is 16.7. The molecule has 2 aromatic carbocycles. The third kappa shape index (κ3) is 4.40. The molecule has 0 unspecified atom stereocenters. The summed E-state index contributed by atoms with van der Waals surface area (Å²) in [5.74, 6) is 0.346. The van der Waals surface area contributed by atoms with Crippen molar-refractivity contribution in [2.75, 3.05) is 10.7 Å². The topological polar surface area (TPSA) is 101 Å². The van der Waals surface area contributed by atoms with Crippen LogP contribution in [-0.2, 0) is 5.41 Å². The summed E-state index contributed by atoms with van der Waals surface area (Å²) < 4.78 is 17.9. The fourth-order valence-electron chi connectivity index (χ4n) is 2.71. The third-order valence-corrected chi connectivity index (χ3v) is 4.38. The number of halogens is 1. The molecule has 2 N–H and O–H groups in total. The maximum absolute atomic E-state index is 13.2. The van der Waals surface area contributed by atoms with E-state index in [2.05, 4.69) is 73.7 Å². The average molecular weight is 405 g/mol. The van der Waals surface area contributed by atoms with Gasteiger partial charge in [0, 0.05) is 5.69 Å². The van der Waals surface area contributed by atoms with Crippen molar-refractivity contribution >= 4 is 34.8 Å². The van der Waals surface area contributed by atoms with Crippen LogP contribution in [0, 0.1) is 5.82 Å². The quantitative estimate of drug-likeness (QED) is 0.368. The van der Waals surface area contributed by atoms with Gasteiger partial charge in [0.05, 0.1) is 6.21 Å². The molecule has 0 amide bonds. The van der Waals surface area contributed by atoms with E-state index in [1.165, 1.54) is 17.7 Å². The van der Waals surface area contributed by atoms with Crippen LogP contribution in [0.3, 0.4) is 0 Å². The number of nitrogens with one attached hydrogen (secondary N) is 2. The first-order valence-electron chi connectivity index (χ1n) is 9.31. The summed E-state index contributed by atoms with van der Waals surface area (Å²) >= 11 is 0. The number of hydrogen-bond donors (Lipinski definition) is 2. The van der Waals surface area contributed by atoms with Crippen molar-refractivity contribution in [3.8, 4) is 0 Å². The van der Waals surface area contributed by atoms with Crippen molar-refractivity contribution < 1.29 is 9.02 Å². The molecule has 0 spiro atoms. The highest BCUT2D eigenvalue weighted by Gasteiger charge is 2.14. The van der Waals surface area contributed by atoms with Gasteiger partial charge in [-0.2, -0.15) is 10.1 Å². The summed E-state index contributed by atoms with van der Waals surface area (Å²) in [5.41, 5.74) is 6.25. The van der Waals surface area contributed by atoms with Crippen LogP contribution in [0.1, 0.15) is 31.9 Å². The molecular formula is C21H20FN7O. The molecule has 0 saturated heterocycles. The fourth-order valence-corrected chi connectivity index (χ4v) is 2.71. The van der Waals surface area contributed by atoms with E-state index in [0.717, 1.165) is 5.56 Å². The van der Waals surface area contributed by atoms with Crippen molar-refractivity contribution in [2.45, 2.75) is 26.2 Å². The van der Waals surface area contributed by atoms with E-state index in [9.17, 15) is 4.39 Å². The lowest BCUT2D eigenvalue weighted by Crippen LogP contribution is -2.10. The number of fused-ring (bicyclic) bond motifs is 1. The number of nitrogens with zero attached hydrogens (tertiary/aromatic N) is 5. The Hall–Kier alpha value is -3.88. The summed E-state index contributed by atoms with van der Waals surface area (Å²) in [5, 5.41) is 14.7. The lowest BCUT2D eigenvalue weighted by molar-refractivity contribution is 0.314. The zero-order chi connectivity index (χ0) is 21.1. The van der Waals surface area contributed by atoms with Crippen LogP contribution in [0.25, 0.3) is 11.3 Å². The van der Waals surface area contributed by atoms with Crippen LogP contribution in [0.15, 0.2) is 58.3 Å². The number of aromatic nitrogens is 4. The monoisotopic (exact) mass is 405 g/mol. The Morgan fingerprint density at radius 3 is 2.17 bits per heavy atom. The summed E-state index contributed by atoms with van der Waals surface area (Å²) in [6.45, 7) is 6.50. The van der Waals surface area contributed by atoms with Crippen LogP contribution in [0.5, 0.6) is 0 Å². The van der Waals surface area contributed by atoms with Gasteiger partial charge in [0.25, 0.3) is 0 Å². The molecular weight excluding hydrogens is 385 g/mol. The SMILES string of the molecule is CC(C)(C)c1ccc(/C=N/Nc2nc3nonc3nc2Nc2ccc(F)cc2)cc1. The zero-order valence-electron chi connectivity index (χ0n) is 16.7. The highest BCUT2D eigenvalue weighted by atomic mass is 19.1. The van der Waals surface area contributed by atoms with Gasteiger partial charge < -0.3 is 5.32 Å². The minimum Gasteiger partial charge on any atom is -0.337 e. The Bertz CT molecular complexity index is 1180. The van der Waals surface area contributed by atoms with Gasteiger partial charge in [0.1, 0.15) is 5.82 Å². The summed E-state index contributed by atoms with van der Waals surface area (Å²) in [4.78, 5) is 8.68. The molecule has 4 rings (SSSR count). The van der Waals surface area contributed by atoms with Crippen molar-refractivity contribution in [3.05, 3.63) is 65.5 Å². The first-order valence-corrected chi connectivity index (χ1v) is 9.31. The average Bonchev–Trinajstić information content (AvgIpc) is 3.17. The number of anilines is 3. The Morgan fingerprint density at radius 2 is 1.53 bits per heavy atom. The van der Waals surface area contributed by atoms with Gasteiger partial charge in [-0.15, -0.1) is 0 Å². The fraction of sp³-hybridized carbons (Fsp3) is 0.190. The second-order valence-corrected chi connectivity index (χ2v) is 7.71. The molecule has 8 nitrogen and oxygen atoms in total. The number of hydrogen-bond acceptors (Lipinski definition) is 8. The highest BCUT2D eigenvalue weighted by molar-refractivity contribution is 5.81. The van der Waals surface area contributed by atoms with Gasteiger partial charge in [-0.3, -0.25) is 5.43 Å². The lowest BCUT2D eigenvalue weighted by Gasteiger charge is -2.18. The predicted molar refractivity (Wildman–Crippen MR) is 113 cm³/mol. The van der Waals surface area contributed by atoms with Crippen molar-refractivity contribution in [2.24, 2.45) is 5.10 Å². The minimum absolute atomic E-state index is 0.0888. The third-order valence-electron chi connectivity index (χ3n) is 4.38. The van der Waals surface area contributed by atoms with Crippen LogP contribution < -0.4 is 10.7 Å². The maximum atomic E-state index is 13.2. The van der Waals surface area contributed by atoms with Gasteiger partial charge >= 0.3 is 0 Å². The van der Waals surface area contributed by atoms with Crippen molar-refractivity contribution in [3.63, 3.8) is 0 Å². The highest BCUT2D eigenvalue weighted by Crippen LogP contribution is 2.24. The molecule has 0 aliphatic carbocycles. The molecule has 2 heterocycles. The lowest BCUT2D eigenvalue weighted by atomic mass is 9.87. The molecule has 0 saturated carbocycles. The van der Waals surface area contributed by atoms with Crippen molar-refractivity contribution in [1.29, 1.82) is 0 Å². The number of rotatable bonds is 5. The molecule has 4 aromatic rings. The van der Waals surface area contributed by atoms with Crippen LogP contribution in [-0.4, -0.2) is 26.5 Å². The Kier molecular flexibility index (Phi) is 5.09. The molecule has 30 heavy (non-hydrogen) atoms. The molecule has 9 heteroatoms. The summed E-state index contributed by atoms with van der Waals surface area (Å²) in [6, 6.07) is 14.0. The smallest absolute Gasteiger partial charge is 0.245 e. The van der Waals surface area contributed by atoms with Gasteiger partial charge in [-0.25, -0.2) is 14.0 Å². The largest absolute Gasteiger partial charge is 0.337 e. The van der Waals surface area contributed by atoms with Gasteiger partial charge in [-0.1, -0.05) is 45.0 Å². The molecule has 0 fully saturated rings. The molecule has 0 bridgehead atoms. The molecule has 0 aliphatic heterocycles. The maximum Gasteiger partial charge on any atom is 0.245 e. The minimum atomic E-state index is -0.330. The van der Waals surface area contributed by atoms with E-state index in [4.69, 9.17) is 0 Å². The van der Waals surface area contributed by atoms with Gasteiger partial charge in [0.2, 0.25) is 11.3 Å². The van der Waals surface area contributed by atoms with E-state index < -0.39 is 0 Å². The van der Waals surface area contributed by atoms with E-state index in [1.807, 2.05) is 12.1 Å². The van der Waals surface area contributed by atoms with E-state index >= 15 is 0 Å². The van der Waals surface area contributed by atoms with Crippen LogP contribution >= 0.6 is 0 Å². The Balaban J connectivity index is 1.56. The second kappa shape index (κ2) is 7.86. The molecule has 0 radical (unpaired) electrons.